The van der Waals surface area contributed by atoms with Crippen LogP contribution in [0.3, 0.4) is 0 Å². The van der Waals surface area contributed by atoms with Crippen LogP contribution >= 0.6 is 11.6 Å². The van der Waals surface area contributed by atoms with E-state index < -0.39 is 0 Å². The summed E-state index contributed by atoms with van der Waals surface area (Å²) in [5.41, 5.74) is 0. The summed E-state index contributed by atoms with van der Waals surface area (Å²) >= 11 is 6.00. The van der Waals surface area contributed by atoms with Gasteiger partial charge in [-0.1, -0.05) is 0 Å². The van der Waals surface area contributed by atoms with E-state index in [1.165, 1.54) is 0 Å². The molecule has 3 rings (SSSR count). The maximum atomic E-state index is 6.00. The Hall–Kier alpha value is -1.73. The summed E-state index contributed by atoms with van der Waals surface area (Å²) in [6.07, 6.45) is 4.55. The lowest BCUT2D eigenvalue weighted by molar-refractivity contribution is 0.315. The number of hydrogen-bond acceptors (Lipinski definition) is 6. The van der Waals surface area contributed by atoms with Gasteiger partial charge in [-0.2, -0.15) is 20.1 Å². The molecule has 0 spiro atoms. The van der Waals surface area contributed by atoms with Gasteiger partial charge in [0, 0.05) is 31.5 Å². The Morgan fingerprint density at radius 2 is 2.05 bits per heavy atom. The van der Waals surface area contributed by atoms with Crippen LogP contribution in [0.15, 0.2) is 18.5 Å². The van der Waals surface area contributed by atoms with E-state index in [1.807, 2.05) is 6.07 Å². The largest absolute Gasteiger partial charge is 0.339 e. The quantitative estimate of drug-likeness (QED) is 0.836. The van der Waals surface area contributed by atoms with Crippen LogP contribution in [0.25, 0.3) is 5.95 Å². The Morgan fingerprint density at radius 3 is 2.70 bits per heavy atom. The van der Waals surface area contributed by atoms with Crippen LogP contribution in [0.5, 0.6) is 0 Å². The number of likely N-dealkylation sites (N-methyl/N-ethyl adjacent to an activating group) is 1. The van der Waals surface area contributed by atoms with Crippen LogP contribution in [-0.2, 0) is 0 Å². The third kappa shape index (κ3) is 2.59. The van der Waals surface area contributed by atoms with Crippen molar-refractivity contribution < 1.29 is 0 Å². The highest BCUT2D eigenvalue weighted by Gasteiger charge is 2.26. The fourth-order valence-corrected chi connectivity index (χ4v) is 2.46. The van der Waals surface area contributed by atoms with E-state index in [9.17, 15) is 0 Å². The monoisotopic (exact) mass is 293 g/mol. The number of halogens is 1. The SMILES string of the molecule is CN(C)C1CCN(c2nc(Cl)nc(-n3cccn3)n2)C1. The number of nitrogens with zero attached hydrogens (tertiary/aromatic N) is 7. The standard InChI is InChI=1S/C12H16ClN7/c1-18(2)9-4-7-19(8-9)11-15-10(13)16-12(17-11)20-6-3-5-14-20/h3,5-6,9H,4,7-8H2,1-2H3. The molecule has 1 unspecified atom stereocenters. The number of hydrogen-bond donors (Lipinski definition) is 0. The molecule has 2 aromatic rings. The van der Waals surface area contributed by atoms with Crippen molar-refractivity contribution >= 4 is 17.5 Å². The molecule has 0 bridgehead atoms. The molecule has 20 heavy (non-hydrogen) atoms. The van der Waals surface area contributed by atoms with Crippen molar-refractivity contribution in [3.8, 4) is 5.95 Å². The van der Waals surface area contributed by atoms with E-state index in [0.29, 0.717) is 17.9 Å². The first-order valence-electron chi connectivity index (χ1n) is 6.46. The van der Waals surface area contributed by atoms with Crippen LogP contribution in [-0.4, -0.2) is 62.9 Å². The van der Waals surface area contributed by atoms with Crippen LogP contribution in [0.4, 0.5) is 5.95 Å². The normalized spacial score (nSPS) is 19.0. The molecule has 0 radical (unpaired) electrons. The number of aromatic nitrogens is 5. The van der Waals surface area contributed by atoms with Gasteiger partial charge in [-0.15, -0.1) is 0 Å². The van der Waals surface area contributed by atoms with E-state index in [1.54, 1.807) is 17.1 Å². The Balaban J connectivity index is 1.87. The maximum Gasteiger partial charge on any atom is 0.256 e. The van der Waals surface area contributed by atoms with Crippen LogP contribution in [0.1, 0.15) is 6.42 Å². The molecule has 0 saturated carbocycles. The molecular weight excluding hydrogens is 278 g/mol. The van der Waals surface area contributed by atoms with Crippen LogP contribution in [0, 0.1) is 0 Å². The van der Waals surface area contributed by atoms with E-state index in [4.69, 9.17) is 11.6 Å². The average molecular weight is 294 g/mol. The maximum absolute atomic E-state index is 6.00. The fraction of sp³-hybridized carbons (Fsp3) is 0.500. The molecule has 1 saturated heterocycles. The molecule has 106 valence electrons. The molecule has 1 aliphatic rings. The summed E-state index contributed by atoms with van der Waals surface area (Å²) in [6, 6.07) is 2.33. The van der Waals surface area contributed by atoms with Crippen molar-refractivity contribution in [1.29, 1.82) is 0 Å². The minimum Gasteiger partial charge on any atom is -0.339 e. The molecule has 0 aliphatic carbocycles. The highest BCUT2D eigenvalue weighted by Crippen LogP contribution is 2.20. The van der Waals surface area contributed by atoms with E-state index in [-0.39, 0.29) is 5.28 Å². The number of rotatable bonds is 3. The predicted molar refractivity (Wildman–Crippen MR) is 76.3 cm³/mol. The lowest BCUT2D eigenvalue weighted by atomic mass is 10.2. The summed E-state index contributed by atoms with van der Waals surface area (Å²) in [6.45, 7) is 1.81. The third-order valence-electron chi connectivity index (χ3n) is 3.47. The van der Waals surface area contributed by atoms with Gasteiger partial charge in [0.2, 0.25) is 11.2 Å². The highest BCUT2D eigenvalue weighted by atomic mass is 35.5. The Labute approximate surface area is 122 Å². The molecule has 8 heteroatoms. The van der Waals surface area contributed by atoms with Crippen molar-refractivity contribution in [1.82, 2.24) is 29.6 Å². The van der Waals surface area contributed by atoms with Gasteiger partial charge in [-0.05, 0) is 38.2 Å². The van der Waals surface area contributed by atoms with Gasteiger partial charge < -0.3 is 9.80 Å². The molecule has 0 aromatic carbocycles. The van der Waals surface area contributed by atoms with Crippen LogP contribution < -0.4 is 4.90 Å². The summed E-state index contributed by atoms with van der Waals surface area (Å²) in [5.74, 6) is 1.05. The van der Waals surface area contributed by atoms with E-state index in [0.717, 1.165) is 19.5 Å². The molecule has 7 nitrogen and oxygen atoms in total. The smallest absolute Gasteiger partial charge is 0.256 e. The van der Waals surface area contributed by atoms with Gasteiger partial charge in [0.15, 0.2) is 0 Å². The van der Waals surface area contributed by atoms with Gasteiger partial charge >= 0.3 is 0 Å². The summed E-state index contributed by atoms with van der Waals surface area (Å²) < 4.78 is 1.58. The lowest BCUT2D eigenvalue weighted by Crippen LogP contribution is -2.32. The van der Waals surface area contributed by atoms with Crippen LogP contribution in [0.2, 0.25) is 5.28 Å². The zero-order valence-corrected chi connectivity index (χ0v) is 12.2. The van der Waals surface area contributed by atoms with Crippen molar-refractivity contribution in [3.05, 3.63) is 23.7 Å². The molecule has 1 aliphatic heterocycles. The van der Waals surface area contributed by atoms with E-state index >= 15 is 0 Å². The van der Waals surface area contributed by atoms with Gasteiger partial charge in [-0.3, -0.25) is 0 Å². The van der Waals surface area contributed by atoms with Crippen molar-refractivity contribution in [2.24, 2.45) is 0 Å². The molecule has 1 fully saturated rings. The highest BCUT2D eigenvalue weighted by molar-refractivity contribution is 6.28. The first-order valence-corrected chi connectivity index (χ1v) is 6.84. The molecule has 2 aromatic heterocycles. The zero-order valence-electron chi connectivity index (χ0n) is 11.4. The van der Waals surface area contributed by atoms with Crippen molar-refractivity contribution in [2.45, 2.75) is 12.5 Å². The second-order valence-corrected chi connectivity index (χ2v) is 5.35. The topological polar surface area (TPSA) is 63.0 Å². The Bertz CT molecular complexity index is 583. The molecular formula is C12H16ClN7. The van der Waals surface area contributed by atoms with Gasteiger partial charge in [0.1, 0.15) is 0 Å². The third-order valence-corrected chi connectivity index (χ3v) is 3.64. The second-order valence-electron chi connectivity index (χ2n) is 5.01. The van der Waals surface area contributed by atoms with Gasteiger partial charge in [0.05, 0.1) is 0 Å². The lowest BCUT2D eigenvalue weighted by Gasteiger charge is -2.20. The minimum atomic E-state index is 0.189. The summed E-state index contributed by atoms with van der Waals surface area (Å²) in [4.78, 5) is 17.1. The molecule has 3 heterocycles. The minimum absolute atomic E-state index is 0.189. The molecule has 1 atom stereocenters. The summed E-state index contributed by atoms with van der Waals surface area (Å²) in [5, 5.41) is 4.31. The zero-order chi connectivity index (χ0) is 14.1. The predicted octanol–water partition coefficient (Wildman–Crippen LogP) is 0.851. The van der Waals surface area contributed by atoms with Crippen molar-refractivity contribution in [2.75, 3.05) is 32.1 Å². The van der Waals surface area contributed by atoms with E-state index in [2.05, 4.69) is 43.9 Å². The number of anilines is 1. The average Bonchev–Trinajstić information content (AvgIpc) is 3.10. The second kappa shape index (κ2) is 5.34. The Morgan fingerprint density at radius 1 is 1.25 bits per heavy atom. The molecule has 0 amide bonds. The molecule has 0 N–H and O–H groups in total. The van der Waals surface area contributed by atoms with Gasteiger partial charge in [0.25, 0.3) is 5.95 Å². The van der Waals surface area contributed by atoms with Gasteiger partial charge in [-0.25, -0.2) is 4.68 Å². The fourth-order valence-electron chi connectivity index (χ4n) is 2.31. The first-order chi connectivity index (χ1) is 9.63. The van der Waals surface area contributed by atoms with Crippen molar-refractivity contribution in [3.63, 3.8) is 0 Å². The first kappa shape index (κ1) is 13.3. The summed E-state index contributed by atoms with van der Waals surface area (Å²) in [7, 11) is 4.17. The Kier molecular flexibility index (Phi) is 3.54.